The molecule has 0 aliphatic carbocycles. The highest BCUT2D eigenvalue weighted by Crippen LogP contribution is 2.26. The topological polar surface area (TPSA) is 107 Å². The molecule has 0 spiro atoms. The van der Waals surface area contributed by atoms with E-state index in [9.17, 15) is 14.4 Å². The van der Waals surface area contributed by atoms with Crippen LogP contribution in [0.4, 0.5) is 5.69 Å². The summed E-state index contributed by atoms with van der Waals surface area (Å²) >= 11 is 1.08. The fraction of sp³-hybridized carbons (Fsp3) is 0.263. The molecule has 8 heteroatoms. The molecular formula is C19H20N4O3S. The number of aryl methyl sites for hydroxylation is 3. The average Bonchev–Trinajstić information content (AvgIpc) is 2.95. The van der Waals surface area contributed by atoms with Gasteiger partial charge in [-0.15, -0.1) is 11.3 Å². The zero-order valence-electron chi connectivity index (χ0n) is 15.5. The molecule has 1 atom stereocenters. The molecule has 0 saturated carbocycles. The number of nitrogens with zero attached hydrogens (tertiary/aromatic N) is 2. The number of carbonyl (C=O) groups is 2. The first kappa shape index (κ1) is 18.8. The second-order valence-corrected chi connectivity index (χ2v) is 7.54. The molecule has 140 valence electrons. The van der Waals surface area contributed by atoms with Crippen molar-refractivity contribution in [3.63, 3.8) is 0 Å². The van der Waals surface area contributed by atoms with E-state index in [1.54, 1.807) is 13.8 Å². The molecule has 0 bridgehead atoms. The Morgan fingerprint density at radius 1 is 1.26 bits per heavy atom. The van der Waals surface area contributed by atoms with Gasteiger partial charge in [0.05, 0.1) is 16.6 Å². The fourth-order valence-corrected chi connectivity index (χ4v) is 3.87. The van der Waals surface area contributed by atoms with Gasteiger partial charge in [-0.05, 0) is 50.5 Å². The number of hydrogen-bond acceptors (Lipinski definition) is 5. The summed E-state index contributed by atoms with van der Waals surface area (Å²) in [5.74, 6) is -0.919. The third kappa shape index (κ3) is 3.35. The number of nitrogens with two attached hydrogens (primary N) is 1. The molecule has 0 radical (unpaired) electrons. The second kappa shape index (κ2) is 6.96. The third-order valence-electron chi connectivity index (χ3n) is 4.55. The number of hydrogen-bond donors (Lipinski definition) is 2. The highest BCUT2D eigenvalue weighted by atomic mass is 32.1. The molecule has 2 amide bonds. The van der Waals surface area contributed by atoms with Gasteiger partial charge in [-0.25, -0.2) is 4.98 Å². The van der Waals surface area contributed by atoms with Gasteiger partial charge in [0.25, 0.3) is 11.5 Å². The number of thiophene rings is 1. The van der Waals surface area contributed by atoms with Gasteiger partial charge in [-0.1, -0.05) is 12.1 Å². The zero-order chi connectivity index (χ0) is 19.9. The van der Waals surface area contributed by atoms with Gasteiger partial charge < -0.3 is 11.1 Å². The molecule has 2 aromatic heterocycles. The van der Waals surface area contributed by atoms with Crippen LogP contribution in [0, 0.1) is 20.8 Å². The lowest BCUT2D eigenvalue weighted by atomic mass is 10.1. The average molecular weight is 384 g/mol. The predicted molar refractivity (Wildman–Crippen MR) is 106 cm³/mol. The zero-order valence-corrected chi connectivity index (χ0v) is 16.3. The monoisotopic (exact) mass is 384 g/mol. The van der Waals surface area contributed by atoms with Crippen LogP contribution in [0.3, 0.4) is 0 Å². The highest BCUT2D eigenvalue weighted by molar-refractivity contribution is 7.20. The summed E-state index contributed by atoms with van der Waals surface area (Å²) in [6.45, 7) is 7.13. The molecular weight excluding hydrogens is 364 g/mol. The molecule has 0 saturated heterocycles. The minimum Gasteiger partial charge on any atom is -0.365 e. The molecule has 3 rings (SSSR count). The maximum Gasteiger partial charge on any atom is 0.263 e. The Kier molecular flexibility index (Phi) is 4.84. The van der Waals surface area contributed by atoms with Crippen molar-refractivity contribution in [3.8, 4) is 0 Å². The predicted octanol–water partition coefficient (Wildman–Crippen LogP) is 2.68. The number of carbonyl (C=O) groups excluding carboxylic acids is 2. The maximum atomic E-state index is 12.9. The van der Waals surface area contributed by atoms with Gasteiger partial charge >= 0.3 is 0 Å². The van der Waals surface area contributed by atoms with E-state index in [0.29, 0.717) is 26.3 Å². The Morgan fingerprint density at radius 3 is 2.63 bits per heavy atom. The maximum absolute atomic E-state index is 12.9. The quantitative estimate of drug-likeness (QED) is 0.721. The number of fused-ring (bicyclic) bond motifs is 1. The van der Waals surface area contributed by atoms with Crippen molar-refractivity contribution in [1.82, 2.24) is 9.55 Å². The van der Waals surface area contributed by atoms with Crippen molar-refractivity contribution in [1.29, 1.82) is 0 Å². The number of amides is 2. The first-order valence-corrected chi connectivity index (χ1v) is 9.20. The van der Waals surface area contributed by atoms with Crippen LogP contribution in [0.15, 0.2) is 29.3 Å². The van der Waals surface area contributed by atoms with Gasteiger partial charge in [-0.2, -0.15) is 0 Å². The minimum absolute atomic E-state index is 0.305. The molecule has 7 nitrogen and oxygen atoms in total. The molecule has 1 unspecified atom stereocenters. The Bertz CT molecular complexity index is 1130. The van der Waals surface area contributed by atoms with Crippen LogP contribution in [0.1, 0.15) is 39.3 Å². The van der Waals surface area contributed by atoms with E-state index in [4.69, 9.17) is 5.73 Å². The van der Waals surface area contributed by atoms with Crippen molar-refractivity contribution in [3.05, 3.63) is 56.4 Å². The molecule has 2 heterocycles. The van der Waals surface area contributed by atoms with Crippen LogP contribution < -0.4 is 16.6 Å². The van der Waals surface area contributed by atoms with Gasteiger partial charge in [-0.3, -0.25) is 19.0 Å². The van der Waals surface area contributed by atoms with E-state index in [-0.39, 0.29) is 11.5 Å². The minimum atomic E-state index is -0.773. The summed E-state index contributed by atoms with van der Waals surface area (Å²) in [7, 11) is 0. The molecule has 0 aliphatic heterocycles. The Morgan fingerprint density at radius 2 is 1.96 bits per heavy atom. The van der Waals surface area contributed by atoms with Crippen LogP contribution >= 0.6 is 11.3 Å². The van der Waals surface area contributed by atoms with E-state index >= 15 is 0 Å². The van der Waals surface area contributed by atoms with Crippen LogP contribution in [0.25, 0.3) is 10.2 Å². The van der Waals surface area contributed by atoms with Crippen molar-refractivity contribution >= 4 is 39.1 Å². The molecule has 27 heavy (non-hydrogen) atoms. The van der Waals surface area contributed by atoms with Gasteiger partial charge in [0, 0.05) is 5.69 Å². The van der Waals surface area contributed by atoms with Crippen LogP contribution in [-0.2, 0) is 4.79 Å². The smallest absolute Gasteiger partial charge is 0.263 e. The van der Waals surface area contributed by atoms with Crippen molar-refractivity contribution in [2.24, 2.45) is 5.73 Å². The van der Waals surface area contributed by atoms with E-state index in [1.807, 2.05) is 32.0 Å². The van der Waals surface area contributed by atoms with Crippen molar-refractivity contribution < 1.29 is 9.59 Å². The van der Waals surface area contributed by atoms with E-state index in [0.717, 1.165) is 22.5 Å². The highest BCUT2D eigenvalue weighted by Gasteiger charge is 2.22. The standard InChI is InChI=1S/C19H20N4O3S/c1-9-5-6-10(2)13(7-9)22-17(25)12(4)23-8-21-18-14(19(23)26)11(3)15(27-18)16(20)24/h5-8,12H,1-4H3,(H2,20,24)(H,22,25). The summed E-state index contributed by atoms with van der Waals surface area (Å²) in [4.78, 5) is 42.1. The van der Waals surface area contributed by atoms with Gasteiger partial charge in [0.1, 0.15) is 10.9 Å². The van der Waals surface area contributed by atoms with E-state index in [2.05, 4.69) is 10.3 Å². The number of rotatable bonds is 4. The lowest BCUT2D eigenvalue weighted by Gasteiger charge is -2.16. The van der Waals surface area contributed by atoms with Gasteiger partial charge in [0.15, 0.2) is 0 Å². The Hall–Kier alpha value is -3.00. The largest absolute Gasteiger partial charge is 0.365 e. The number of nitrogens with one attached hydrogen (secondary N) is 1. The first-order chi connectivity index (χ1) is 12.7. The molecule has 0 aliphatic rings. The summed E-state index contributed by atoms with van der Waals surface area (Å²) in [6.07, 6.45) is 1.33. The van der Waals surface area contributed by atoms with Crippen molar-refractivity contribution in [2.45, 2.75) is 33.7 Å². The lowest BCUT2D eigenvalue weighted by molar-refractivity contribution is -0.118. The summed E-state index contributed by atoms with van der Waals surface area (Å²) in [5, 5.41) is 3.19. The summed E-state index contributed by atoms with van der Waals surface area (Å²) in [5.41, 5.74) is 8.15. The lowest BCUT2D eigenvalue weighted by Crippen LogP contribution is -2.32. The first-order valence-electron chi connectivity index (χ1n) is 8.39. The van der Waals surface area contributed by atoms with Crippen LogP contribution in [0.2, 0.25) is 0 Å². The van der Waals surface area contributed by atoms with Gasteiger partial charge in [0.2, 0.25) is 5.91 Å². The number of aromatic nitrogens is 2. The molecule has 1 aromatic carbocycles. The fourth-order valence-electron chi connectivity index (χ4n) is 2.88. The number of anilines is 1. The van der Waals surface area contributed by atoms with E-state index < -0.39 is 11.9 Å². The number of primary amides is 1. The Labute approximate surface area is 159 Å². The molecule has 3 aromatic rings. The van der Waals surface area contributed by atoms with Crippen LogP contribution in [-0.4, -0.2) is 21.4 Å². The number of benzene rings is 1. The molecule has 0 fully saturated rings. The van der Waals surface area contributed by atoms with Crippen LogP contribution in [0.5, 0.6) is 0 Å². The SMILES string of the molecule is Cc1ccc(C)c(NC(=O)C(C)n2cnc3sc(C(N)=O)c(C)c3c2=O)c1. The summed E-state index contributed by atoms with van der Waals surface area (Å²) in [6, 6.07) is 5.00. The summed E-state index contributed by atoms with van der Waals surface area (Å²) < 4.78 is 1.27. The third-order valence-corrected chi connectivity index (χ3v) is 5.76. The molecule has 3 N–H and O–H groups in total. The normalized spacial score (nSPS) is 12.1. The van der Waals surface area contributed by atoms with Crippen molar-refractivity contribution in [2.75, 3.05) is 5.32 Å². The second-order valence-electron chi connectivity index (χ2n) is 6.54. The Balaban J connectivity index is 1.99. The van der Waals surface area contributed by atoms with E-state index in [1.165, 1.54) is 10.9 Å².